The summed E-state index contributed by atoms with van der Waals surface area (Å²) in [6, 6.07) is 12.4. The van der Waals surface area contributed by atoms with Crippen LogP contribution in [0.3, 0.4) is 0 Å². The van der Waals surface area contributed by atoms with Gasteiger partial charge < -0.3 is 14.6 Å². The zero-order valence-electron chi connectivity index (χ0n) is 19.6. The van der Waals surface area contributed by atoms with E-state index in [1.54, 1.807) is 6.07 Å². The van der Waals surface area contributed by atoms with Crippen molar-refractivity contribution in [3.05, 3.63) is 58.7 Å². The third kappa shape index (κ3) is 2.84. The number of ether oxygens (including phenoxy) is 2. The summed E-state index contributed by atoms with van der Waals surface area (Å²) in [5.74, 6) is 1.63. The van der Waals surface area contributed by atoms with E-state index in [0.29, 0.717) is 18.8 Å². The molecular weight excluding hydrogens is 450 g/mol. The Morgan fingerprint density at radius 1 is 1.18 bits per heavy atom. The van der Waals surface area contributed by atoms with Crippen LogP contribution in [0.1, 0.15) is 54.4 Å². The van der Waals surface area contributed by atoms with Gasteiger partial charge in [-0.25, -0.2) is 0 Å². The Labute approximate surface area is 206 Å². The summed E-state index contributed by atoms with van der Waals surface area (Å²) in [5, 5.41) is 10.7. The molecule has 34 heavy (non-hydrogen) atoms. The maximum Gasteiger partial charge on any atom is 0.174 e. The average Bonchev–Trinajstić information content (AvgIpc) is 3.55. The van der Waals surface area contributed by atoms with Crippen molar-refractivity contribution in [1.82, 2.24) is 4.90 Å². The van der Waals surface area contributed by atoms with Gasteiger partial charge in [0.1, 0.15) is 0 Å². The van der Waals surface area contributed by atoms with Crippen molar-refractivity contribution in [2.24, 2.45) is 5.92 Å². The number of carbonyl (C=O) groups is 1. The van der Waals surface area contributed by atoms with Crippen molar-refractivity contribution in [2.75, 3.05) is 13.1 Å². The fourth-order valence-electron chi connectivity index (χ4n) is 7.51. The molecule has 1 saturated heterocycles. The fourth-order valence-corrected chi connectivity index (χ4v) is 7.51. The lowest BCUT2D eigenvalue weighted by molar-refractivity contribution is -0.218. The van der Waals surface area contributed by atoms with Gasteiger partial charge in [-0.15, -0.1) is 12.4 Å². The number of likely N-dealkylation sites (tertiary alicyclic amines) is 1. The molecule has 1 unspecified atom stereocenters. The van der Waals surface area contributed by atoms with E-state index >= 15 is 0 Å². The summed E-state index contributed by atoms with van der Waals surface area (Å²) in [5.41, 5.74) is 3.70. The van der Waals surface area contributed by atoms with Crippen LogP contribution >= 0.6 is 12.4 Å². The standard InChI is InChI=1S/C28H31NO4.ClH/c1-17-4-2-3-5-20(17)16-32-28-11-10-22(31)26-27(28)12-13-29(15-18-6-7-18)23(28)14-19-8-9-21(30)25(33-26)24(19)27;/h2-5,8-9,18,23,26,30H,6-7,10-16H2,1H3;1H/t23-,26?,27+,28-;/m1./s1. The number of rotatable bonds is 5. The third-order valence-electron chi connectivity index (χ3n) is 9.26. The Bertz CT molecular complexity index is 1160. The molecule has 2 saturated carbocycles. The number of ketones is 1. The monoisotopic (exact) mass is 481 g/mol. The highest BCUT2D eigenvalue weighted by Gasteiger charge is 2.74. The minimum absolute atomic E-state index is 0. The smallest absolute Gasteiger partial charge is 0.174 e. The van der Waals surface area contributed by atoms with E-state index in [-0.39, 0.29) is 30.0 Å². The van der Waals surface area contributed by atoms with Gasteiger partial charge in [-0.05, 0) is 74.2 Å². The summed E-state index contributed by atoms with van der Waals surface area (Å²) in [6.45, 7) is 4.74. The molecular formula is C28H32ClNO4. The van der Waals surface area contributed by atoms with Crippen LogP contribution in [0.4, 0.5) is 0 Å². The van der Waals surface area contributed by atoms with Crippen LogP contribution in [0.25, 0.3) is 0 Å². The molecule has 1 N–H and O–H groups in total. The van der Waals surface area contributed by atoms with Crippen molar-refractivity contribution in [3.63, 3.8) is 0 Å². The lowest BCUT2D eigenvalue weighted by atomic mass is 9.48. The van der Waals surface area contributed by atoms with Gasteiger partial charge in [0, 0.05) is 24.6 Å². The number of Topliss-reactive ketones (excluding diaryl/α,β-unsaturated/α-hetero) is 1. The van der Waals surface area contributed by atoms with Gasteiger partial charge in [-0.1, -0.05) is 30.3 Å². The molecule has 0 aromatic heterocycles. The summed E-state index contributed by atoms with van der Waals surface area (Å²) >= 11 is 0. The van der Waals surface area contributed by atoms with E-state index in [4.69, 9.17) is 9.47 Å². The number of phenols is 1. The van der Waals surface area contributed by atoms with Crippen LogP contribution in [-0.4, -0.2) is 46.6 Å². The first-order valence-electron chi connectivity index (χ1n) is 12.5. The lowest BCUT2D eigenvalue weighted by Crippen LogP contribution is -2.77. The van der Waals surface area contributed by atoms with E-state index in [2.05, 4.69) is 42.2 Å². The molecule has 180 valence electrons. The minimum Gasteiger partial charge on any atom is -0.504 e. The molecule has 6 heteroatoms. The van der Waals surface area contributed by atoms with Gasteiger partial charge in [0.25, 0.3) is 0 Å². The molecule has 7 rings (SSSR count). The molecule has 1 spiro atoms. The van der Waals surface area contributed by atoms with Crippen LogP contribution in [0, 0.1) is 12.8 Å². The van der Waals surface area contributed by atoms with Crippen molar-refractivity contribution in [2.45, 2.75) is 75.2 Å². The van der Waals surface area contributed by atoms with Crippen LogP contribution < -0.4 is 4.74 Å². The minimum atomic E-state index is -0.559. The summed E-state index contributed by atoms with van der Waals surface area (Å²) in [4.78, 5) is 16.0. The predicted octanol–water partition coefficient (Wildman–Crippen LogP) is 4.48. The topological polar surface area (TPSA) is 59.0 Å². The van der Waals surface area contributed by atoms with Crippen molar-refractivity contribution < 1.29 is 19.4 Å². The Kier molecular flexibility index (Phi) is 5.08. The number of aromatic hydroxyl groups is 1. The normalized spacial score (nSPS) is 33.1. The second-order valence-electron chi connectivity index (χ2n) is 10.9. The fraction of sp³-hybridized carbons (Fsp3) is 0.536. The van der Waals surface area contributed by atoms with Gasteiger partial charge >= 0.3 is 0 Å². The molecule has 2 aromatic rings. The van der Waals surface area contributed by atoms with Crippen LogP contribution in [0.15, 0.2) is 36.4 Å². The summed E-state index contributed by atoms with van der Waals surface area (Å²) in [6.07, 6.45) is 5.00. The first kappa shape index (κ1) is 22.4. The zero-order valence-corrected chi connectivity index (χ0v) is 20.4. The highest BCUT2D eigenvalue weighted by molar-refractivity contribution is 5.90. The highest BCUT2D eigenvalue weighted by atomic mass is 35.5. The first-order chi connectivity index (χ1) is 16.0. The average molecular weight is 482 g/mol. The third-order valence-corrected chi connectivity index (χ3v) is 9.26. The number of piperidine rings is 1. The van der Waals surface area contributed by atoms with Gasteiger partial charge in [0.15, 0.2) is 23.4 Å². The van der Waals surface area contributed by atoms with Crippen molar-refractivity contribution in [1.29, 1.82) is 0 Å². The molecule has 2 aliphatic heterocycles. The lowest BCUT2D eigenvalue weighted by Gasteiger charge is -2.64. The number of hydrogen-bond acceptors (Lipinski definition) is 5. The van der Waals surface area contributed by atoms with Crippen LogP contribution in [-0.2, 0) is 28.0 Å². The number of benzene rings is 2. The molecule has 4 atom stereocenters. The molecule has 2 heterocycles. The van der Waals surface area contributed by atoms with Gasteiger partial charge in [0.2, 0.25) is 0 Å². The molecule has 5 nitrogen and oxygen atoms in total. The Balaban J connectivity index is 0.00000217. The van der Waals surface area contributed by atoms with Crippen molar-refractivity contribution >= 4 is 18.2 Å². The van der Waals surface area contributed by atoms with Gasteiger partial charge in [-0.3, -0.25) is 9.69 Å². The van der Waals surface area contributed by atoms with E-state index in [1.807, 2.05) is 0 Å². The van der Waals surface area contributed by atoms with Crippen molar-refractivity contribution in [3.8, 4) is 11.5 Å². The number of halogens is 1. The van der Waals surface area contributed by atoms with E-state index < -0.39 is 17.1 Å². The second-order valence-corrected chi connectivity index (χ2v) is 10.9. The summed E-state index contributed by atoms with van der Waals surface area (Å²) in [7, 11) is 0. The first-order valence-corrected chi connectivity index (χ1v) is 12.5. The largest absolute Gasteiger partial charge is 0.504 e. The van der Waals surface area contributed by atoms with Crippen LogP contribution in [0.5, 0.6) is 11.5 Å². The molecule has 3 aliphatic carbocycles. The number of nitrogens with zero attached hydrogens (tertiary/aromatic N) is 1. The maximum atomic E-state index is 13.3. The Morgan fingerprint density at radius 2 is 2.00 bits per heavy atom. The van der Waals surface area contributed by atoms with Crippen LogP contribution in [0.2, 0.25) is 0 Å². The maximum absolute atomic E-state index is 13.3. The number of hydrogen-bond donors (Lipinski definition) is 1. The van der Waals surface area contributed by atoms with E-state index in [0.717, 1.165) is 43.8 Å². The van der Waals surface area contributed by atoms with E-state index in [1.165, 1.54) is 29.5 Å². The molecule has 0 radical (unpaired) electrons. The molecule has 2 aromatic carbocycles. The number of phenolic OH excluding ortho intramolecular Hbond substituents is 1. The SMILES string of the molecule is Cc1ccccc1CO[C@@]12CCC(=O)C3Oc4c(O)ccc5c4[C@@]31CCN(CC1CC1)[C@@H]2C5.Cl. The molecule has 0 amide bonds. The Morgan fingerprint density at radius 3 is 2.79 bits per heavy atom. The second kappa shape index (κ2) is 7.71. The van der Waals surface area contributed by atoms with Gasteiger partial charge in [-0.2, -0.15) is 0 Å². The summed E-state index contributed by atoms with van der Waals surface area (Å²) < 4.78 is 13.5. The zero-order chi connectivity index (χ0) is 22.4. The number of aryl methyl sites for hydroxylation is 1. The molecule has 2 bridgehead atoms. The molecule has 3 fully saturated rings. The molecule has 5 aliphatic rings. The Hall–Kier alpha value is -2.08. The quantitative estimate of drug-likeness (QED) is 0.682. The highest BCUT2D eigenvalue weighted by Crippen LogP contribution is 2.66. The van der Waals surface area contributed by atoms with E-state index in [9.17, 15) is 9.90 Å². The van der Waals surface area contributed by atoms with Gasteiger partial charge in [0.05, 0.1) is 17.6 Å². The number of carbonyl (C=O) groups excluding carboxylic acids is 1. The predicted molar refractivity (Wildman–Crippen MR) is 131 cm³/mol.